The molecule has 106 valence electrons. The van der Waals surface area contributed by atoms with Crippen molar-refractivity contribution < 1.29 is 9.47 Å². The first-order valence-corrected chi connectivity index (χ1v) is 7.07. The van der Waals surface area contributed by atoms with Crippen LogP contribution in [0.5, 0.6) is 5.75 Å². The number of methoxy groups -OCH3 is 1. The van der Waals surface area contributed by atoms with Crippen molar-refractivity contribution in [2.45, 2.75) is 51.4 Å². The molecule has 3 nitrogen and oxygen atoms in total. The van der Waals surface area contributed by atoms with Gasteiger partial charge in [-0.25, -0.2) is 0 Å². The maximum atomic E-state index is 6.26. The van der Waals surface area contributed by atoms with E-state index in [0.717, 1.165) is 28.3 Å². The molecule has 0 amide bonds. The lowest BCUT2D eigenvalue weighted by molar-refractivity contribution is -0.0784. The molecule has 3 atom stereocenters. The van der Waals surface area contributed by atoms with Gasteiger partial charge in [-0.3, -0.25) is 0 Å². The fraction of sp³-hybridized carbons (Fsp3) is 0.600. The standard InChI is InChI=1S/C15H22ClNO2/c1-8(2)10-6-13(9(3)5-11(10)16)19-14-7-12(17)15(14)18-4/h5-6,8,12,14-15H,7,17H2,1-4H3. The second kappa shape index (κ2) is 5.70. The molecule has 0 aliphatic heterocycles. The molecule has 1 aromatic rings. The zero-order valence-electron chi connectivity index (χ0n) is 11.9. The van der Waals surface area contributed by atoms with Crippen LogP contribution >= 0.6 is 11.6 Å². The topological polar surface area (TPSA) is 44.5 Å². The van der Waals surface area contributed by atoms with Crippen LogP contribution in [-0.4, -0.2) is 25.4 Å². The molecule has 1 aromatic carbocycles. The fourth-order valence-electron chi connectivity index (χ4n) is 2.46. The molecule has 1 saturated carbocycles. The van der Waals surface area contributed by atoms with Crippen molar-refractivity contribution in [1.82, 2.24) is 0 Å². The SMILES string of the molecule is COC1C(N)CC1Oc1cc(C(C)C)c(Cl)cc1C. The Bertz CT molecular complexity index is 462. The highest BCUT2D eigenvalue weighted by Gasteiger charge is 2.41. The third kappa shape index (κ3) is 2.88. The Morgan fingerprint density at radius 2 is 2.05 bits per heavy atom. The van der Waals surface area contributed by atoms with E-state index in [4.69, 9.17) is 26.8 Å². The van der Waals surface area contributed by atoms with Crippen molar-refractivity contribution in [1.29, 1.82) is 0 Å². The summed E-state index contributed by atoms with van der Waals surface area (Å²) in [7, 11) is 1.67. The van der Waals surface area contributed by atoms with Gasteiger partial charge in [0.15, 0.2) is 0 Å². The van der Waals surface area contributed by atoms with Crippen molar-refractivity contribution in [2.24, 2.45) is 5.73 Å². The molecule has 2 N–H and O–H groups in total. The summed E-state index contributed by atoms with van der Waals surface area (Å²) in [6.07, 6.45) is 0.856. The highest BCUT2D eigenvalue weighted by molar-refractivity contribution is 6.31. The fourth-order valence-corrected chi connectivity index (χ4v) is 2.90. The molecule has 0 bridgehead atoms. The zero-order chi connectivity index (χ0) is 14.2. The normalized spacial score (nSPS) is 26.4. The van der Waals surface area contributed by atoms with Crippen LogP contribution in [0.2, 0.25) is 5.02 Å². The van der Waals surface area contributed by atoms with Crippen LogP contribution in [-0.2, 0) is 4.74 Å². The van der Waals surface area contributed by atoms with Crippen LogP contribution in [0, 0.1) is 6.92 Å². The van der Waals surface area contributed by atoms with Gasteiger partial charge in [-0.1, -0.05) is 25.4 Å². The van der Waals surface area contributed by atoms with Gasteiger partial charge in [0.2, 0.25) is 0 Å². The summed E-state index contributed by atoms with van der Waals surface area (Å²) in [4.78, 5) is 0. The Morgan fingerprint density at radius 3 is 2.58 bits per heavy atom. The molecule has 0 radical (unpaired) electrons. The van der Waals surface area contributed by atoms with Crippen molar-refractivity contribution in [3.8, 4) is 5.75 Å². The zero-order valence-corrected chi connectivity index (χ0v) is 12.7. The first-order chi connectivity index (χ1) is 8.93. The Hall–Kier alpha value is -0.770. The Morgan fingerprint density at radius 1 is 1.37 bits per heavy atom. The number of rotatable bonds is 4. The lowest BCUT2D eigenvalue weighted by atomic mass is 9.86. The van der Waals surface area contributed by atoms with Gasteiger partial charge in [0.1, 0.15) is 18.0 Å². The third-order valence-electron chi connectivity index (χ3n) is 3.76. The predicted molar refractivity (Wildman–Crippen MR) is 78.1 cm³/mol. The molecule has 1 fully saturated rings. The first kappa shape index (κ1) is 14.6. The Balaban J connectivity index is 2.19. The van der Waals surface area contributed by atoms with Crippen LogP contribution in [0.25, 0.3) is 0 Å². The van der Waals surface area contributed by atoms with E-state index < -0.39 is 0 Å². The molecule has 0 saturated heterocycles. The average Bonchev–Trinajstić information content (AvgIpc) is 2.31. The van der Waals surface area contributed by atoms with Gasteiger partial charge < -0.3 is 15.2 Å². The average molecular weight is 284 g/mol. The van der Waals surface area contributed by atoms with Crippen molar-refractivity contribution in [2.75, 3.05) is 7.11 Å². The summed E-state index contributed by atoms with van der Waals surface area (Å²) in [5.74, 6) is 1.25. The smallest absolute Gasteiger partial charge is 0.128 e. The number of hydrogen-bond donors (Lipinski definition) is 1. The molecule has 19 heavy (non-hydrogen) atoms. The van der Waals surface area contributed by atoms with Crippen LogP contribution < -0.4 is 10.5 Å². The number of hydrogen-bond acceptors (Lipinski definition) is 3. The summed E-state index contributed by atoms with van der Waals surface area (Å²) in [6, 6.07) is 4.08. The van der Waals surface area contributed by atoms with Gasteiger partial charge in [0.25, 0.3) is 0 Å². The third-order valence-corrected chi connectivity index (χ3v) is 4.09. The lowest BCUT2D eigenvalue weighted by Crippen LogP contribution is -2.59. The molecule has 4 heteroatoms. The van der Waals surface area contributed by atoms with E-state index in [1.165, 1.54) is 0 Å². The largest absolute Gasteiger partial charge is 0.487 e. The Labute approximate surface area is 120 Å². The van der Waals surface area contributed by atoms with E-state index in [9.17, 15) is 0 Å². The molecule has 0 aromatic heterocycles. The van der Waals surface area contributed by atoms with Gasteiger partial charge in [-0.15, -0.1) is 0 Å². The minimum atomic E-state index is -0.0161. The van der Waals surface area contributed by atoms with Crippen molar-refractivity contribution in [3.05, 3.63) is 28.3 Å². The van der Waals surface area contributed by atoms with E-state index >= 15 is 0 Å². The maximum absolute atomic E-state index is 6.26. The van der Waals surface area contributed by atoms with E-state index in [-0.39, 0.29) is 18.2 Å². The quantitative estimate of drug-likeness (QED) is 0.922. The number of aryl methyl sites for hydroxylation is 1. The van der Waals surface area contributed by atoms with E-state index in [2.05, 4.69) is 13.8 Å². The summed E-state index contributed by atoms with van der Waals surface area (Å²) in [6.45, 7) is 6.25. The molecular weight excluding hydrogens is 262 g/mol. The van der Waals surface area contributed by atoms with Gasteiger partial charge in [0.05, 0.1) is 0 Å². The molecule has 0 heterocycles. The van der Waals surface area contributed by atoms with Gasteiger partial charge in [0, 0.05) is 24.6 Å². The van der Waals surface area contributed by atoms with Crippen LogP contribution in [0.15, 0.2) is 12.1 Å². The number of benzene rings is 1. The van der Waals surface area contributed by atoms with Crippen LogP contribution in [0.3, 0.4) is 0 Å². The van der Waals surface area contributed by atoms with Crippen molar-refractivity contribution in [3.63, 3.8) is 0 Å². The van der Waals surface area contributed by atoms with Crippen LogP contribution in [0.1, 0.15) is 37.3 Å². The lowest BCUT2D eigenvalue weighted by Gasteiger charge is -2.41. The first-order valence-electron chi connectivity index (χ1n) is 6.69. The molecule has 1 aliphatic carbocycles. The summed E-state index contributed by atoms with van der Waals surface area (Å²) >= 11 is 6.26. The van der Waals surface area contributed by atoms with E-state index in [0.29, 0.717) is 5.92 Å². The number of halogens is 1. The number of ether oxygens (including phenoxy) is 2. The maximum Gasteiger partial charge on any atom is 0.128 e. The van der Waals surface area contributed by atoms with Gasteiger partial charge in [-0.05, 0) is 36.1 Å². The second-order valence-corrected chi connectivity index (χ2v) is 5.96. The summed E-state index contributed by atoms with van der Waals surface area (Å²) < 4.78 is 11.4. The molecule has 3 unspecified atom stereocenters. The highest BCUT2D eigenvalue weighted by Crippen LogP contribution is 2.34. The van der Waals surface area contributed by atoms with E-state index in [1.54, 1.807) is 7.11 Å². The predicted octanol–water partition coefficient (Wildman–Crippen LogP) is 3.27. The van der Waals surface area contributed by atoms with Crippen molar-refractivity contribution >= 4 is 11.6 Å². The molecular formula is C15H22ClNO2. The summed E-state index contributed by atoms with van der Waals surface area (Å²) in [5.41, 5.74) is 8.05. The van der Waals surface area contributed by atoms with Gasteiger partial charge in [-0.2, -0.15) is 0 Å². The van der Waals surface area contributed by atoms with E-state index in [1.807, 2.05) is 19.1 Å². The van der Waals surface area contributed by atoms with Gasteiger partial charge >= 0.3 is 0 Å². The minimum Gasteiger partial charge on any atom is -0.487 e. The van der Waals surface area contributed by atoms with Crippen LogP contribution in [0.4, 0.5) is 0 Å². The second-order valence-electron chi connectivity index (χ2n) is 5.55. The molecule has 1 aliphatic rings. The monoisotopic (exact) mass is 283 g/mol. The minimum absolute atomic E-state index is 0.0161. The highest BCUT2D eigenvalue weighted by atomic mass is 35.5. The molecule has 2 rings (SSSR count). The Kier molecular flexibility index (Phi) is 4.39. The number of nitrogens with two attached hydrogens (primary N) is 1. The summed E-state index contributed by atoms with van der Waals surface area (Å²) in [5, 5.41) is 0.799. The molecule has 0 spiro atoms.